The lowest BCUT2D eigenvalue weighted by Gasteiger charge is -2.28. The standard InChI is InChI=1S/C35H28F3N5O8/c1-48-23-10-19-17(28(49-2)29(23)50-3)9-20(41-19)31(45)39-16-5-6-18-14(7-16)8-21(40-18)32(46)43-13-15-12-34(15)24(43)11-22(44)27-26(34)25(33(47)51-4)30(42-27)35(36,37)38/h5-11,15,40-42H,12-13H2,1-4H3,(H,39,45). The molecule has 16 heteroatoms. The van der Waals surface area contributed by atoms with E-state index in [0.29, 0.717) is 51.2 Å². The number of aromatic nitrogens is 3. The zero-order valence-electron chi connectivity index (χ0n) is 27.4. The predicted octanol–water partition coefficient (Wildman–Crippen LogP) is 5.55. The summed E-state index contributed by atoms with van der Waals surface area (Å²) in [6.07, 6.45) is -3.42. The maximum absolute atomic E-state index is 14.0. The van der Waals surface area contributed by atoms with E-state index in [1.807, 2.05) is 0 Å². The number of halogens is 3. The van der Waals surface area contributed by atoms with Gasteiger partial charge in [0, 0.05) is 57.3 Å². The third-order valence-electron chi connectivity index (χ3n) is 9.91. The van der Waals surface area contributed by atoms with Crippen molar-refractivity contribution >= 4 is 51.1 Å². The van der Waals surface area contributed by atoms with Crippen molar-refractivity contribution in [1.29, 1.82) is 0 Å². The Morgan fingerprint density at radius 1 is 0.922 bits per heavy atom. The molecule has 1 aliphatic heterocycles. The van der Waals surface area contributed by atoms with Crippen molar-refractivity contribution in [3.05, 3.63) is 82.1 Å². The van der Waals surface area contributed by atoms with Gasteiger partial charge in [0.15, 0.2) is 11.5 Å². The number of piperidine rings is 1. The molecule has 3 aromatic heterocycles. The molecule has 4 N–H and O–H groups in total. The number of ketones is 1. The Morgan fingerprint density at radius 3 is 2.35 bits per heavy atom. The summed E-state index contributed by atoms with van der Waals surface area (Å²) in [4.78, 5) is 62.7. The van der Waals surface area contributed by atoms with Gasteiger partial charge in [0.05, 0.1) is 45.2 Å². The summed E-state index contributed by atoms with van der Waals surface area (Å²) in [5.74, 6) is -2.06. The van der Waals surface area contributed by atoms with Gasteiger partial charge < -0.3 is 44.1 Å². The lowest BCUT2D eigenvalue weighted by Crippen LogP contribution is -2.34. The molecule has 1 saturated heterocycles. The van der Waals surface area contributed by atoms with Crippen LogP contribution in [0.15, 0.2) is 48.2 Å². The molecule has 0 bridgehead atoms. The van der Waals surface area contributed by atoms with Crippen LogP contribution in [0.2, 0.25) is 0 Å². The number of methoxy groups -OCH3 is 4. The van der Waals surface area contributed by atoms with Crippen molar-refractivity contribution < 1.29 is 51.3 Å². The number of aromatic amines is 3. The molecule has 2 atom stereocenters. The van der Waals surface area contributed by atoms with Crippen LogP contribution >= 0.6 is 0 Å². The molecule has 2 aliphatic carbocycles. The number of allylic oxidation sites excluding steroid dienone is 2. The van der Waals surface area contributed by atoms with Crippen molar-refractivity contribution in [2.24, 2.45) is 5.92 Å². The highest BCUT2D eigenvalue weighted by molar-refractivity contribution is 6.12. The average molecular weight is 704 g/mol. The lowest BCUT2D eigenvalue weighted by molar-refractivity contribution is -0.141. The second-order valence-electron chi connectivity index (χ2n) is 12.5. The van der Waals surface area contributed by atoms with Gasteiger partial charge in [0.2, 0.25) is 11.5 Å². The topological polar surface area (TPSA) is 168 Å². The highest BCUT2D eigenvalue weighted by Crippen LogP contribution is 2.68. The summed E-state index contributed by atoms with van der Waals surface area (Å²) in [7, 11) is 5.43. The number of fused-ring (bicyclic) bond motifs is 3. The number of alkyl halides is 3. The number of hydrogen-bond donors (Lipinski definition) is 4. The number of esters is 1. The second kappa shape index (κ2) is 10.9. The minimum Gasteiger partial charge on any atom is -0.493 e. The first-order valence-electron chi connectivity index (χ1n) is 15.6. The maximum Gasteiger partial charge on any atom is 0.432 e. The van der Waals surface area contributed by atoms with Gasteiger partial charge in [-0.15, -0.1) is 0 Å². The molecule has 0 radical (unpaired) electrons. The molecule has 8 rings (SSSR count). The summed E-state index contributed by atoms with van der Waals surface area (Å²) in [6.45, 7) is 0.133. The van der Waals surface area contributed by atoms with Crippen LogP contribution in [0.4, 0.5) is 18.9 Å². The quantitative estimate of drug-likeness (QED) is 0.160. The molecule has 3 aliphatic rings. The van der Waals surface area contributed by atoms with Crippen LogP contribution in [-0.4, -0.2) is 78.4 Å². The average Bonchev–Trinajstić information content (AvgIpc) is 3.57. The summed E-state index contributed by atoms with van der Waals surface area (Å²) in [5.41, 5.74) is -1.36. The van der Waals surface area contributed by atoms with E-state index in [9.17, 15) is 32.3 Å². The Morgan fingerprint density at radius 2 is 1.67 bits per heavy atom. The number of nitrogens with zero attached hydrogens (tertiary/aromatic N) is 1. The van der Waals surface area contributed by atoms with Gasteiger partial charge in [0.1, 0.15) is 17.1 Å². The first-order chi connectivity index (χ1) is 24.3. The van der Waals surface area contributed by atoms with Crippen molar-refractivity contribution in [2.45, 2.75) is 18.0 Å². The number of H-pyrrole nitrogens is 3. The normalized spacial score (nSPS) is 19.0. The zero-order valence-corrected chi connectivity index (χ0v) is 27.4. The van der Waals surface area contributed by atoms with Gasteiger partial charge in [-0.1, -0.05) is 0 Å². The van der Waals surface area contributed by atoms with Gasteiger partial charge >= 0.3 is 12.1 Å². The molecule has 2 unspecified atom stereocenters. The summed E-state index contributed by atoms with van der Waals surface area (Å²) in [6, 6.07) is 9.93. The van der Waals surface area contributed by atoms with Gasteiger partial charge in [-0.25, -0.2) is 4.79 Å². The molecule has 5 aromatic rings. The number of likely N-dealkylation sites (tertiary alicyclic amines) is 1. The molecule has 1 saturated carbocycles. The molecule has 2 amide bonds. The third kappa shape index (κ3) is 4.54. The number of carbonyl (C=O) groups is 4. The number of rotatable bonds is 7. The predicted molar refractivity (Wildman–Crippen MR) is 175 cm³/mol. The molecule has 2 aromatic carbocycles. The first kappa shape index (κ1) is 32.0. The van der Waals surface area contributed by atoms with Crippen molar-refractivity contribution in [2.75, 3.05) is 40.3 Å². The zero-order chi connectivity index (χ0) is 36.1. The van der Waals surface area contributed by atoms with Gasteiger partial charge in [-0.05, 0) is 42.7 Å². The summed E-state index contributed by atoms with van der Waals surface area (Å²) in [5, 5.41) is 4.04. The largest absolute Gasteiger partial charge is 0.493 e. The highest BCUT2D eigenvalue weighted by Gasteiger charge is 2.69. The Hall–Kier alpha value is -6.19. The molecule has 1 spiro atoms. The second-order valence-corrected chi connectivity index (χ2v) is 12.5. The smallest absolute Gasteiger partial charge is 0.432 e. The monoisotopic (exact) mass is 703 g/mol. The van der Waals surface area contributed by atoms with E-state index in [4.69, 9.17) is 18.9 Å². The van der Waals surface area contributed by atoms with Crippen LogP contribution in [0, 0.1) is 5.92 Å². The van der Waals surface area contributed by atoms with Crippen molar-refractivity contribution in [3.8, 4) is 17.2 Å². The van der Waals surface area contributed by atoms with E-state index in [1.165, 1.54) is 32.3 Å². The van der Waals surface area contributed by atoms with Gasteiger partial charge in [-0.3, -0.25) is 14.4 Å². The SMILES string of the molecule is COC(=O)c1c(C(F)(F)F)[nH]c2c1C13CC1CN(C(=O)c1cc4cc(NC(=O)c5cc6c(OC)c(OC)c(OC)cc6[nH]5)ccc4[nH]1)C3=CC2=O. The third-order valence-corrected chi connectivity index (χ3v) is 9.91. The minimum atomic E-state index is -4.95. The van der Waals surface area contributed by atoms with E-state index < -0.39 is 46.4 Å². The molecule has 51 heavy (non-hydrogen) atoms. The van der Waals surface area contributed by atoms with E-state index >= 15 is 0 Å². The maximum atomic E-state index is 14.0. The Bertz CT molecular complexity index is 2400. The Balaban J connectivity index is 1.07. The van der Waals surface area contributed by atoms with Crippen LogP contribution in [0.5, 0.6) is 17.2 Å². The van der Waals surface area contributed by atoms with E-state index in [1.54, 1.807) is 36.4 Å². The summed E-state index contributed by atoms with van der Waals surface area (Å²) >= 11 is 0. The number of benzene rings is 2. The molecular weight excluding hydrogens is 675 g/mol. The van der Waals surface area contributed by atoms with Crippen molar-refractivity contribution in [3.63, 3.8) is 0 Å². The number of nitrogens with one attached hydrogen (secondary N) is 4. The van der Waals surface area contributed by atoms with Crippen LogP contribution in [0.25, 0.3) is 21.8 Å². The highest BCUT2D eigenvalue weighted by atomic mass is 19.4. The van der Waals surface area contributed by atoms with Crippen LogP contribution in [0.1, 0.15) is 59.5 Å². The Labute approximate surface area is 285 Å². The molecule has 13 nitrogen and oxygen atoms in total. The fourth-order valence-electron chi connectivity index (χ4n) is 7.65. The van der Waals surface area contributed by atoms with E-state index in [2.05, 4.69) is 20.3 Å². The van der Waals surface area contributed by atoms with Gasteiger partial charge in [0.25, 0.3) is 11.8 Å². The molecular formula is C35H28F3N5O8. The first-order valence-corrected chi connectivity index (χ1v) is 15.6. The van der Waals surface area contributed by atoms with E-state index in [-0.39, 0.29) is 40.8 Å². The van der Waals surface area contributed by atoms with Crippen LogP contribution < -0.4 is 19.5 Å². The number of carbonyl (C=O) groups excluding carboxylic acids is 4. The van der Waals surface area contributed by atoms with Crippen molar-refractivity contribution in [1.82, 2.24) is 19.9 Å². The molecule has 4 heterocycles. The minimum absolute atomic E-state index is 0.0758. The van der Waals surface area contributed by atoms with Crippen LogP contribution in [0.3, 0.4) is 0 Å². The fourth-order valence-corrected chi connectivity index (χ4v) is 7.65. The lowest BCUT2D eigenvalue weighted by atomic mass is 9.82. The number of anilines is 1. The number of amides is 2. The number of ether oxygens (including phenoxy) is 4. The molecule has 262 valence electrons. The van der Waals surface area contributed by atoms with Gasteiger partial charge in [-0.2, -0.15) is 13.2 Å². The van der Waals surface area contributed by atoms with Crippen LogP contribution in [-0.2, 0) is 16.3 Å². The number of hydrogen-bond acceptors (Lipinski definition) is 8. The van der Waals surface area contributed by atoms with E-state index in [0.717, 1.165) is 7.11 Å². The fraction of sp³-hybridized carbons (Fsp3) is 0.257. The Kier molecular flexibility index (Phi) is 6.85. The summed E-state index contributed by atoms with van der Waals surface area (Å²) < 4.78 is 63.1. The molecule has 2 fully saturated rings.